The number of aromatic nitrogens is 3. The zero-order chi connectivity index (χ0) is 31.9. The van der Waals surface area contributed by atoms with E-state index in [4.69, 9.17) is 13.8 Å². The van der Waals surface area contributed by atoms with Crippen molar-refractivity contribution in [1.29, 1.82) is 0 Å². The number of benzene rings is 5. The maximum absolute atomic E-state index is 8.02. The summed E-state index contributed by atoms with van der Waals surface area (Å²) in [6, 6.07) is 42.6. The molecule has 0 bridgehead atoms. The van der Waals surface area contributed by atoms with Gasteiger partial charge < -0.3 is 23.7 Å². The fraction of sp³-hybridized carbons (Fsp3) is 0.0526. The molecule has 8 aromatic rings. The molecule has 4 heterocycles. The van der Waals surface area contributed by atoms with E-state index in [-0.39, 0.29) is 21.1 Å². The van der Waals surface area contributed by atoms with Crippen LogP contribution in [0.4, 0.5) is 17.1 Å². The van der Waals surface area contributed by atoms with Crippen LogP contribution in [0.5, 0.6) is 11.5 Å². The first kappa shape index (κ1) is 24.3. The first-order valence-corrected chi connectivity index (χ1v) is 14.4. The first-order valence-electron chi connectivity index (χ1n) is 15.9. The summed E-state index contributed by atoms with van der Waals surface area (Å²) in [5.74, 6) is 1.79. The smallest absolute Gasteiger partial charge is 0.137 e. The normalized spacial score (nSPS) is 14.0. The molecule has 222 valence electrons. The van der Waals surface area contributed by atoms with Crippen molar-refractivity contribution < 1.29 is 29.9 Å². The Bertz CT molecular complexity index is 2520. The summed E-state index contributed by atoms with van der Waals surface area (Å²) >= 11 is 0. The van der Waals surface area contributed by atoms with Gasteiger partial charge in [-0.3, -0.25) is 0 Å². The molecule has 0 radical (unpaired) electrons. The van der Waals surface area contributed by atoms with E-state index < -0.39 is 6.98 Å². The standard InChI is InChI=1S/C38H26N5O.Pt/c1-40-24-42(35-17-8-7-16-34(35)40)25-10-9-11-26(20-25)44-27-18-19-30-28-12-4-6-15-33(28)43(37(30)21-27)38-22-36-31(23-39-38)29-13-3-5-14-32(29)41(36)2;/h3-19,22-24H,1-2H3;/q-3;/i1D3;. The quantitative estimate of drug-likeness (QED) is 0.168. The largest absolute Gasteiger partial charge is 0.509 e. The molecule has 0 saturated carbocycles. The summed E-state index contributed by atoms with van der Waals surface area (Å²) in [4.78, 5) is 8.07. The molecule has 6 nitrogen and oxygen atoms in total. The van der Waals surface area contributed by atoms with Crippen LogP contribution in [0.1, 0.15) is 4.11 Å². The number of aryl methyl sites for hydroxylation is 1. The Morgan fingerprint density at radius 3 is 2.29 bits per heavy atom. The minimum atomic E-state index is -2.32. The third-order valence-corrected chi connectivity index (χ3v) is 8.43. The number of hydrogen-bond acceptors (Lipinski definition) is 4. The molecule has 5 aromatic carbocycles. The number of pyridine rings is 1. The van der Waals surface area contributed by atoms with Crippen molar-refractivity contribution in [1.82, 2.24) is 14.1 Å². The molecule has 45 heavy (non-hydrogen) atoms. The number of rotatable bonds is 4. The number of nitrogens with zero attached hydrogens (tertiary/aromatic N) is 5. The minimum Gasteiger partial charge on any atom is -0.509 e. The Kier molecular flexibility index (Phi) is 5.68. The molecule has 7 heteroatoms. The summed E-state index contributed by atoms with van der Waals surface area (Å²) in [7, 11) is 2.09. The number of hydrogen-bond donors (Lipinski definition) is 0. The van der Waals surface area contributed by atoms with E-state index in [1.165, 1.54) is 10.3 Å². The second-order valence-corrected chi connectivity index (χ2v) is 10.9. The molecular weight excluding hydrogens is 738 g/mol. The van der Waals surface area contributed by atoms with Gasteiger partial charge in [0.2, 0.25) is 0 Å². The Morgan fingerprint density at radius 2 is 1.44 bits per heavy atom. The van der Waals surface area contributed by atoms with Gasteiger partial charge in [-0.05, 0) is 36.6 Å². The predicted molar refractivity (Wildman–Crippen MR) is 178 cm³/mol. The van der Waals surface area contributed by atoms with E-state index in [9.17, 15) is 0 Å². The summed E-state index contributed by atoms with van der Waals surface area (Å²) in [6.07, 6.45) is 1.95. The van der Waals surface area contributed by atoms with Crippen molar-refractivity contribution in [2.45, 2.75) is 0 Å². The van der Waals surface area contributed by atoms with Crippen LogP contribution < -0.4 is 14.5 Å². The van der Waals surface area contributed by atoms with Crippen LogP contribution in [0.2, 0.25) is 0 Å². The van der Waals surface area contributed by atoms with E-state index >= 15 is 0 Å². The Balaban J connectivity index is 0.00000336. The summed E-state index contributed by atoms with van der Waals surface area (Å²) < 4.78 is 34.8. The topological polar surface area (TPSA) is 38.5 Å². The fourth-order valence-electron chi connectivity index (χ4n) is 6.39. The van der Waals surface area contributed by atoms with Crippen LogP contribution in [-0.4, -0.2) is 21.1 Å². The molecule has 0 fully saturated rings. The second kappa shape index (κ2) is 10.5. The molecule has 0 atom stereocenters. The minimum absolute atomic E-state index is 0. The van der Waals surface area contributed by atoms with Gasteiger partial charge in [0.15, 0.2) is 0 Å². The third kappa shape index (κ3) is 4.24. The Hall–Kier alpha value is -5.06. The molecule has 9 rings (SSSR count). The van der Waals surface area contributed by atoms with Crippen LogP contribution in [-0.2, 0) is 28.1 Å². The van der Waals surface area contributed by atoms with Crippen molar-refractivity contribution in [2.24, 2.45) is 7.05 Å². The Labute approximate surface area is 279 Å². The molecule has 1 aliphatic heterocycles. The Morgan fingerprint density at radius 1 is 0.711 bits per heavy atom. The predicted octanol–water partition coefficient (Wildman–Crippen LogP) is 8.92. The van der Waals surface area contributed by atoms with Gasteiger partial charge in [-0.25, -0.2) is 4.98 Å². The zero-order valence-electron chi connectivity index (χ0n) is 27.0. The van der Waals surface area contributed by atoms with Crippen molar-refractivity contribution in [3.8, 4) is 17.3 Å². The van der Waals surface area contributed by atoms with Crippen LogP contribution in [0.3, 0.4) is 0 Å². The number of para-hydroxylation sites is 4. The van der Waals surface area contributed by atoms with Gasteiger partial charge in [-0.2, -0.15) is 18.8 Å². The van der Waals surface area contributed by atoms with Crippen molar-refractivity contribution in [3.05, 3.63) is 134 Å². The van der Waals surface area contributed by atoms with Crippen molar-refractivity contribution in [3.63, 3.8) is 0 Å². The second-order valence-electron chi connectivity index (χ2n) is 10.9. The molecule has 0 N–H and O–H groups in total. The molecule has 3 aromatic heterocycles. The van der Waals surface area contributed by atoms with Gasteiger partial charge in [0.05, 0.1) is 5.52 Å². The molecule has 0 unspecified atom stereocenters. The maximum atomic E-state index is 8.02. The summed E-state index contributed by atoms with van der Waals surface area (Å²) in [6.45, 7) is -0.738. The van der Waals surface area contributed by atoms with E-state index in [2.05, 4.69) is 76.8 Å². The third-order valence-electron chi connectivity index (χ3n) is 8.43. The maximum Gasteiger partial charge on any atom is 0.137 e. The average Bonchev–Trinajstić information content (AvgIpc) is 3.73. The molecule has 0 amide bonds. The average molecular weight is 767 g/mol. The summed E-state index contributed by atoms with van der Waals surface area (Å²) in [5.41, 5.74) is 6.14. The monoisotopic (exact) mass is 766 g/mol. The van der Waals surface area contributed by atoms with E-state index in [1.807, 2.05) is 65.7 Å². The molecule has 0 spiro atoms. The first-order chi connectivity index (χ1) is 22.8. The van der Waals surface area contributed by atoms with Crippen LogP contribution in [0, 0.1) is 18.8 Å². The SMILES string of the molecule is [2H]C([2H])([2H])N1[CH-]N(c2[c-]c(Oc3[c-]c4c(cc3)c3ccccc3n4-c3cc4c(cn3)c3ccccc3n4C)ccc2)c2ccccc21.[Pt]. The zero-order valence-corrected chi connectivity index (χ0v) is 26.3. The number of ether oxygens (including phenoxy) is 1. The van der Waals surface area contributed by atoms with Crippen LogP contribution in [0.15, 0.2) is 115 Å². The molecular formula is C38H26N5OPt-3. The van der Waals surface area contributed by atoms with Crippen molar-refractivity contribution in [2.75, 3.05) is 16.8 Å². The van der Waals surface area contributed by atoms with Gasteiger partial charge in [0.1, 0.15) is 5.82 Å². The van der Waals surface area contributed by atoms with E-state index in [1.54, 1.807) is 12.7 Å². The number of anilines is 3. The van der Waals surface area contributed by atoms with Gasteiger partial charge in [0.25, 0.3) is 0 Å². The van der Waals surface area contributed by atoms with Crippen molar-refractivity contribution >= 4 is 60.7 Å². The van der Waals surface area contributed by atoms with Gasteiger partial charge in [0, 0.05) is 89.2 Å². The van der Waals surface area contributed by atoms with Crippen LogP contribution in [0.25, 0.3) is 49.4 Å². The van der Waals surface area contributed by atoms with Crippen LogP contribution >= 0.6 is 0 Å². The molecule has 1 aliphatic rings. The van der Waals surface area contributed by atoms with Gasteiger partial charge in [-0.15, -0.1) is 41.4 Å². The fourth-order valence-corrected chi connectivity index (χ4v) is 6.39. The number of fused-ring (bicyclic) bond motifs is 7. The summed E-state index contributed by atoms with van der Waals surface area (Å²) in [5, 5.41) is 4.42. The van der Waals surface area contributed by atoms with Gasteiger partial charge >= 0.3 is 0 Å². The molecule has 0 aliphatic carbocycles. The van der Waals surface area contributed by atoms with E-state index in [0.717, 1.165) is 49.7 Å². The van der Waals surface area contributed by atoms with E-state index in [0.29, 0.717) is 22.9 Å². The van der Waals surface area contributed by atoms with Gasteiger partial charge in [-0.1, -0.05) is 54.0 Å². The molecule has 0 saturated heterocycles.